The van der Waals surface area contributed by atoms with Gasteiger partial charge < -0.3 is 9.84 Å². The molecule has 0 aromatic heterocycles. The Morgan fingerprint density at radius 1 is 1.36 bits per heavy atom. The van der Waals surface area contributed by atoms with E-state index in [-0.39, 0.29) is 0 Å². The number of hydrogen-bond donors (Lipinski definition) is 1. The standard InChI is InChI=1S/C8H9ClO2/c9-8(10)11-6-7-4-2-1-3-5-7/h1-5,8,10H,6H2. The van der Waals surface area contributed by atoms with Crippen molar-refractivity contribution in [3.8, 4) is 0 Å². The van der Waals surface area contributed by atoms with Gasteiger partial charge in [-0.05, 0) is 5.56 Å². The molecule has 3 heteroatoms. The molecule has 0 bridgehead atoms. The van der Waals surface area contributed by atoms with Crippen LogP contribution in [0.25, 0.3) is 0 Å². The van der Waals surface area contributed by atoms with Gasteiger partial charge in [0.15, 0.2) is 0 Å². The van der Waals surface area contributed by atoms with Gasteiger partial charge in [0.2, 0.25) is 5.75 Å². The van der Waals surface area contributed by atoms with Crippen LogP contribution in [-0.2, 0) is 11.3 Å². The highest BCUT2D eigenvalue weighted by Gasteiger charge is 1.96. The van der Waals surface area contributed by atoms with Crippen molar-refractivity contribution in [3.63, 3.8) is 0 Å². The molecule has 0 heterocycles. The summed E-state index contributed by atoms with van der Waals surface area (Å²) in [5, 5.41) is 8.56. The van der Waals surface area contributed by atoms with Crippen molar-refractivity contribution in [3.05, 3.63) is 35.9 Å². The second kappa shape index (κ2) is 4.34. The van der Waals surface area contributed by atoms with E-state index < -0.39 is 5.75 Å². The quantitative estimate of drug-likeness (QED) is 0.556. The summed E-state index contributed by atoms with van der Waals surface area (Å²) in [6.07, 6.45) is 0. The van der Waals surface area contributed by atoms with Crippen molar-refractivity contribution >= 4 is 11.6 Å². The lowest BCUT2D eigenvalue weighted by atomic mass is 10.2. The predicted molar refractivity (Wildman–Crippen MR) is 43.1 cm³/mol. The van der Waals surface area contributed by atoms with Crippen molar-refractivity contribution in [1.82, 2.24) is 0 Å². The van der Waals surface area contributed by atoms with E-state index in [1.54, 1.807) is 0 Å². The molecule has 0 aliphatic heterocycles. The predicted octanol–water partition coefficient (Wildman–Crippen LogP) is 1.72. The van der Waals surface area contributed by atoms with Gasteiger partial charge in [0.1, 0.15) is 0 Å². The average molecular weight is 173 g/mol. The monoisotopic (exact) mass is 172 g/mol. The zero-order valence-corrected chi connectivity index (χ0v) is 6.66. The Kier molecular flexibility index (Phi) is 3.36. The van der Waals surface area contributed by atoms with Gasteiger partial charge in [-0.15, -0.1) is 0 Å². The number of aliphatic hydroxyl groups is 1. The second-order valence-electron chi connectivity index (χ2n) is 2.09. The van der Waals surface area contributed by atoms with Gasteiger partial charge in [0, 0.05) is 0 Å². The number of hydrogen-bond acceptors (Lipinski definition) is 2. The molecule has 0 amide bonds. The molecule has 1 N–H and O–H groups in total. The van der Waals surface area contributed by atoms with Gasteiger partial charge in [-0.3, -0.25) is 0 Å². The van der Waals surface area contributed by atoms with E-state index in [0.29, 0.717) is 6.61 Å². The molecule has 11 heavy (non-hydrogen) atoms. The molecule has 0 radical (unpaired) electrons. The van der Waals surface area contributed by atoms with Crippen LogP contribution in [-0.4, -0.2) is 10.9 Å². The zero-order chi connectivity index (χ0) is 8.10. The third-order valence-corrected chi connectivity index (χ3v) is 1.36. The van der Waals surface area contributed by atoms with Crippen LogP contribution in [0.5, 0.6) is 0 Å². The number of ether oxygens (including phenoxy) is 1. The Hall–Kier alpha value is -0.570. The van der Waals surface area contributed by atoms with E-state index in [2.05, 4.69) is 0 Å². The molecule has 2 nitrogen and oxygen atoms in total. The van der Waals surface area contributed by atoms with E-state index in [4.69, 9.17) is 21.4 Å². The van der Waals surface area contributed by atoms with Gasteiger partial charge in [0.05, 0.1) is 6.61 Å². The molecule has 1 atom stereocenters. The molecule has 1 aromatic carbocycles. The molecule has 0 spiro atoms. The average Bonchev–Trinajstić information content (AvgIpc) is 2.03. The number of rotatable bonds is 3. The fraction of sp³-hybridized carbons (Fsp3) is 0.250. The number of aliphatic hydroxyl groups excluding tert-OH is 1. The van der Waals surface area contributed by atoms with E-state index in [0.717, 1.165) is 5.56 Å². The van der Waals surface area contributed by atoms with Crippen molar-refractivity contribution in [2.75, 3.05) is 0 Å². The summed E-state index contributed by atoms with van der Waals surface area (Å²) >= 11 is 5.16. The molecule has 0 saturated carbocycles. The van der Waals surface area contributed by atoms with Crippen LogP contribution < -0.4 is 0 Å². The smallest absolute Gasteiger partial charge is 0.234 e. The van der Waals surface area contributed by atoms with E-state index in [1.807, 2.05) is 30.3 Å². The fourth-order valence-corrected chi connectivity index (χ4v) is 0.802. The second-order valence-corrected chi connectivity index (χ2v) is 2.46. The first-order valence-corrected chi connectivity index (χ1v) is 3.70. The molecule has 0 fully saturated rings. The molecule has 0 saturated heterocycles. The van der Waals surface area contributed by atoms with Crippen molar-refractivity contribution in [2.24, 2.45) is 0 Å². The van der Waals surface area contributed by atoms with Crippen LogP contribution in [0.1, 0.15) is 5.56 Å². The zero-order valence-electron chi connectivity index (χ0n) is 5.90. The van der Waals surface area contributed by atoms with Crippen molar-refractivity contribution in [2.45, 2.75) is 12.4 Å². The summed E-state index contributed by atoms with van der Waals surface area (Å²) in [5.41, 5.74) is 0.993. The minimum atomic E-state index is -1.21. The van der Waals surface area contributed by atoms with Crippen LogP contribution in [0.2, 0.25) is 0 Å². The maximum atomic E-state index is 8.56. The molecule has 60 valence electrons. The van der Waals surface area contributed by atoms with Gasteiger partial charge in [-0.25, -0.2) is 0 Å². The van der Waals surface area contributed by atoms with Gasteiger partial charge in [-0.1, -0.05) is 41.9 Å². The van der Waals surface area contributed by atoms with Gasteiger partial charge in [0.25, 0.3) is 0 Å². The maximum absolute atomic E-state index is 8.56. The van der Waals surface area contributed by atoms with Crippen LogP contribution in [0.15, 0.2) is 30.3 Å². The van der Waals surface area contributed by atoms with Gasteiger partial charge >= 0.3 is 0 Å². The Bertz CT molecular complexity index is 199. The first-order chi connectivity index (χ1) is 5.29. The summed E-state index contributed by atoms with van der Waals surface area (Å²) in [4.78, 5) is 0. The molecule has 1 unspecified atom stereocenters. The van der Waals surface area contributed by atoms with Crippen LogP contribution in [0.4, 0.5) is 0 Å². The molecule has 1 aromatic rings. The first-order valence-electron chi connectivity index (χ1n) is 3.27. The highest BCUT2D eigenvalue weighted by atomic mass is 35.5. The lowest BCUT2D eigenvalue weighted by molar-refractivity contribution is -0.0479. The number of benzene rings is 1. The van der Waals surface area contributed by atoms with E-state index >= 15 is 0 Å². The summed E-state index contributed by atoms with van der Waals surface area (Å²) in [6, 6.07) is 9.53. The summed E-state index contributed by atoms with van der Waals surface area (Å²) in [7, 11) is 0. The molecule has 1 rings (SSSR count). The third-order valence-electron chi connectivity index (χ3n) is 1.23. The summed E-state index contributed by atoms with van der Waals surface area (Å²) < 4.78 is 4.75. The third kappa shape index (κ3) is 3.37. The highest BCUT2D eigenvalue weighted by Crippen LogP contribution is 2.03. The minimum Gasteiger partial charge on any atom is -0.356 e. The Morgan fingerprint density at radius 2 is 2.00 bits per heavy atom. The van der Waals surface area contributed by atoms with Crippen molar-refractivity contribution in [1.29, 1.82) is 0 Å². The highest BCUT2D eigenvalue weighted by molar-refractivity contribution is 6.18. The Balaban J connectivity index is 2.39. The van der Waals surface area contributed by atoms with Crippen LogP contribution >= 0.6 is 11.6 Å². The van der Waals surface area contributed by atoms with Crippen molar-refractivity contribution < 1.29 is 9.84 Å². The lowest BCUT2D eigenvalue weighted by Crippen LogP contribution is -2.02. The number of halogens is 1. The Labute approximate surface area is 70.4 Å². The summed E-state index contributed by atoms with van der Waals surface area (Å²) in [5.74, 6) is -1.21. The normalized spacial score (nSPS) is 12.9. The molecular weight excluding hydrogens is 164 g/mol. The molecule has 0 aliphatic rings. The van der Waals surface area contributed by atoms with Crippen LogP contribution in [0, 0.1) is 0 Å². The Morgan fingerprint density at radius 3 is 2.55 bits per heavy atom. The topological polar surface area (TPSA) is 29.5 Å². The van der Waals surface area contributed by atoms with E-state index in [9.17, 15) is 0 Å². The molecular formula is C8H9ClO2. The number of alkyl halides is 1. The molecule has 0 aliphatic carbocycles. The minimum absolute atomic E-state index is 0.339. The first kappa shape index (κ1) is 8.53. The van der Waals surface area contributed by atoms with Gasteiger partial charge in [-0.2, -0.15) is 0 Å². The lowest BCUT2D eigenvalue weighted by Gasteiger charge is -2.03. The SMILES string of the molecule is OC(Cl)OCc1ccccc1. The largest absolute Gasteiger partial charge is 0.356 e. The fourth-order valence-electron chi connectivity index (χ4n) is 0.739. The summed E-state index contributed by atoms with van der Waals surface area (Å²) in [6.45, 7) is 0.339. The van der Waals surface area contributed by atoms with E-state index in [1.165, 1.54) is 0 Å². The van der Waals surface area contributed by atoms with Crippen LogP contribution in [0.3, 0.4) is 0 Å². The maximum Gasteiger partial charge on any atom is 0.234 e.